The molecule has 2 heterocycles. The first-order valence-electron chi connectivity index (χ1n) is 7.29. The van der Waals surface area contributed by atoms with Gasteiger partial charge in [-0.1, -0.05) is 36.4 Å². The van der Waals surface area contributed by atoms with Crippen LogP contribution in [0.3, 0.4) is 0 Å². The number of aryl methyl sites for hydroxylation is 1. The van der Waals surface area contributed by atoms with Crippen LogP contribution in [0.15, 0.2) is 47.8 Å². The molecule has 1 fully saturated rings. The number of hydrogen-bond acceptors (Lipinski definition) is 3. The SMILES string of the molecule is O=C(CCc1cccs1)N1CCOCC1c1ccccc1. The van der Waals surface area contributed by atoms with Crippen molar-refractivity contribution in [3.05, 3.63) is 58.3 Å². The molecule has 0 aliphatic carbocycles. The van der Waals surface area contributed by atoms with Gasteiger partial charge in [-0.05, 0) is 23.4 Å². The second-order valence-corrected chi connectivity index (χ2v) is 6.20. The molecule has 0 bridgehead atoms. The summed E-state index contributed by atoms with van der Waals surface area (Å²) in [5.74, 6) is 0.223. The molecule has 3 nitrogen and oxygen atoms in total. The normalized spacial score (nSPS) is 18.7. The summed E-state index contributed by atoms with van der Waals surface area (Å²) in [6.45, 7) is 1.91. The van der Waals surface area contributed by atoms with E-state index in [1.807, 2.05) is 29.2 Å². The average Bonchev–Trinajstić information content (AvgIpc) is 3.07. The van der Waals surface area contributed by atoms with E-state index in [-0.39, 0.29) is 11.9 Å². The standard InChI is InChI=1S/C17H19NO2S/c19-17(9-8-15-7-4-12-21-15)18-10-11-20-13-16(18)14-5-2-1-3-6-14/h1-7,12,16H,8-11,13H2. The van der Waals surface area contributed by atoms with E-state index in [2.05, 4.69) is 23.6 Å². The highest BCUT2D eigenvalue weighted by Crippen LogP contribution is 2.25. The van der Waals surface area contributed by atoms with Gasteiger partial charge in [-0.2, -0.15) is 0 Å². The second kappa shape index (κ2) is 6.87. The highest BCUT2D eigenvalue weighted by molar-refractivity contribution is 7.09. The minimum atomic E-state index is 0.0517. The minimum Gasteiger partial charge on any atom is -0.377 e. The molecule has 1 saturated heterocycles. The van der Waals surface area contributed by atoms with Gasteiger partial charge in [0, 0.05) is 17.8 Å². The Labute approximate surface area is 129 Å². The van der Waals surface area contributed by atoms with Gasteiger partial charge < -0.3 is 9.64 Å². The number of ether oxygens (including phenoxy) is 1. The van der Waals surface area contributed by atoms with E-state index in [4.69, 9.17) is 4.74 Å². The Morgan fingerprint density at radius 2 is 2.10 bits per heavy atom. The van der Waals surface area contributed by atoms with E-state index < -0.39 is 0 Å². The summed E-state index contributed by atoms with van der Waals surface area (Å²) < 4.78 is 5.58. The Hall–Kier alpha value is -1.65. The molecule has 0 radical (unpaired) electrons. The molecular formula is C17H19NO2S. The predicted octanol–water partition coefficient (Wildman–Crippen LogP) is 3.28. The zero-order valence-electron chi connectivity index (χ0n) is 11.9. The first-order valence-corrected chi connectivity index (χ1v) is 8.17. The molecule has 21 heavy (non-hydrogen) atoms. The number of hydrogen-bond donors (Lipinski definition) is 0. The van der Waals surface area contributed by atoms with E-state index in [0.29, 0.717) is 26.2 Å². The van der Waals surface area contributed by atoms with Crippen LogP contribution in [0.2, 0.25) is 0 Å². The third-order valence-electron chi connectivity index (χ3n) is 3.80. The molecule has 1 aromatic carbocycles. The van der Waals surface area contributed by atoms with E-state index >= 15 is 0 Å². The van der Waals surface area contributed by atoms with Gasteiger partial charge >= 0.3 is 0 Å². The highest BCUT2D eigenvalue weighted by Gasteiger charge is 2.28. The van der Waals surface area contributed by atoms with Gasteiger partial charge in [0.1, 0.15) is 0 Å². The summed E-state index contributed by atoms with van der Waals surface area (Å²) in [5.41, 5.74) is 1.15. The van der Waals surface area contributed by atoms with Crippen LogP contribution in [0.5, 0.6) is 0 Å². The molecular weight excluding hydrogens is 282 g/mol. The fourth-order valence-corrected chi connectivity index (χ4v) is 3.39. The highest BCUT2D eigenvalue weighted by atomic mass is 32.1. The number of thiophene rings is 1. The van der Waals surface area contributed by atoms with Gasteiger partial charge in [0.25, 0.3) is 0 Å². The zero-order valence-corrected chi connectivity index (χ0v) is 12.7. The number of amides is 1. The number of carbonyl (C=O) groups is 1. The average molecular weight is 301 g/mol. The smallest absolute Gasteiger partial charge is 0.223 e. The lowest BCUT2D eigenvalue weighted by Crippen LogP contribution is -2.43. The van der Waals surface area contributed by atoms with Crippen molar-refractivity contribution >= 4 is 17.2 Å². The van der Waals surface area contributed by atoms with Gasteiger partial charge in [-0.25, -0.2) is 0 Å². The molecule has 110 valence electrons. The van der Waals surface area contributed by atoms with E-state index in [9.17, 15) is 4.79 Å². The van der Waals surface area contributed by atoms with Crippen LogP contribution in [0.1, 0.15) is 22.9 Å². The van der Waals surface area contributed by atoms with Crippen molar-refractivity contribution in [1.82, 2.24) is 4.90 Å². The van der Waals surface area contributed by atoms with E-state index in [1.54, 1.807) is 11.3 Å². The van der Waals surface area contributed by atoms with Crippen LogP contribution in [0, 0.1) is 0 Å². The van der Waals surface area contributed by atoms with Crippen molar-refractivity contribution in [2.45, 2.75) is 18.9 Å². The maximum Gasteiger partial charge on any atom is 0.223 e. The predicted molar refractivity (Wildman–Crippen MR) is 84.4 cm³/mol. The van der Waals surface area contributed by atoms with Crippen LogP contribution in [-0.2, 0) is 16.0 Å². The van der Waals surface area contributed by atoms with Crippen molar-refractivity contribution in [2.24, 2.45) is 0 Å². The fourth-order valence-electron chi connectivity index (χ4n) is 2.68. The van der Waals surface area contributed by atoms with Gasteiger partial charge in [0.2, 0.25) is 5.91 Å². The molecule has 1 aromatic heterocycles. The number of benzene rings is 1. The monoisotopic (exact) mass is 301 g/mol. The first-order chi connectivity index (χ1) is 10.3. The number of carbonyl (C=O) groups excluding carboxylic acids is 1. The summed E-state index contributed by atoms with van der Waals surface area (Å²) in [6, 6.07) is 14.3. The topological polar surface area (TPSA) is 29.5 Å². The Bertz CT molecular complexity index is 568. The fraction of sp³-hybridized carbons (Fsp3) is 0.353. The summed E-state index contributed by atoms with van der Waals surface area (Å²) in [4.78, 5) is 15.8. The van der Waals surface area contributed by atoms with Gasteiger partial charge in [0.05, 0.1) is 19.3 Å². The van der Waals surface area contributed by atoms with Crippen LogP contribution in [-0.4, -0.2) is 30.6 Å². The largest absolute Gasteiger partial charge is 0.377 e. The van der Waals surface area contributed by atoms with E-state index in [1.165, 1.54) is 4.88 Å². The molecule has 1 aliphatic heterocycles. The molecule has 2 aromatic rings. The van der Waals surface area contributed by atoms with Gasteiger partial charge in [0.15, 0.2) is 0 Å². The molecule has 1 aliphatic rings. The number of rotatable bonds is 4. The maximum absolute atomic E-state index is 12.6. The lowest BCUT2D eigenvalue weighted by atomic mass is 10.0. The van der Waals surface area contributed by atoms with Crippen molar-refractivity contribution in [3.8, 4) is 0 Å². The summed E-state index contributed by atoms with van der Waals surface area (Å²) in [5, 5.41) is 2.06. The Morgan fingerprint density at radius 3 is 2.86 bits per heavy atom. The lowest BCUT2D eigenvalue weighted by Gasteiger charge is -2.36. The molecule has 4 heteroatoms. The summed E-state index contributed by atoms with van der Waals surface area (Å²) >= 11 is 1.71. The molecule has 1 unspecified atom stereocenters. The van der Waals surface area contributed by atoms with Crippen molar-refractivity contribution < 1.29 is 9.53 Å². The van der Waals surface area contributed by atoms with Crippen LogP contribution < -0.4 is 0 Å². The number of nitrogens with zero attached hydrogens (tertiary/aromatic N) is 1. The van der Waals surface area contributed by atoms with Crippen LogP contribution >= 0.6 is 11.3 Å². The van der Waals surface area contributed by atoms with Crippen molar-refractivity contribution in [2.75, 3.05) is 19.8 Å². The Kier molecular flexibility index (Phi) is 4.68. The van der Waals surface area contributed by atoms with Crippen LogP contribution in [0.25, 0.3) is 0 Å². The molecule has 1 amide bonds. The van der Waals surface area contributed by atoms with Crippen LogP contribution in [0.4, 0.5) is 0 Å². The van der Waals surface area contributed by atoms with Gasteiger partial charge in [-0.3, -0.25) is 4.79 Å². The molecule has 0 N–H and O–H groups in total. The minimum absolute atomic E-state index is 0.0517. The summed E-state index contributed by atoms with van der Waals surface area (Å²) in [7, 11) is 0. The zero-order chi connectivity index (χ0) is 14.5. The molecule has 0 saturated carbocycles. The number of morpholine rings is 1. The second-order valence-electron chi connectivity index (χ2n) is 5.17. The Balaban J connectivity index is 1.67. The van der Waals surface area contributed by atoms with Gasteiger partial charge in [-0.15, -0.1) is 11.3 Å². The molecule has 0 spiro atoms. The lowest BCUT2D eigenvalue weighted by molar-refractivity contribution is -0.140. The third-order valence-corrected chi connectivity index (χ3v) is 4.73. The quantitative estimate of drug-likeness (QED) is 0.867. The third kappa shape index (κ3) is 3.52. The first kappa shape index (κ1) is 14.3. The van der Waals surface area contributed by atoms with Crippen molar-refractivity contribution in [3.63, 3.8) is 0 Å². The molecule has 3 rings (SSSR count). The molecule has 1 atom stereocenters. The van der Waals surface area contributed by atoms with Crippen molar-refractivity contribution in [1.29, 1.82) is 0 Å². The Morgan fingerprint density at radius 1 is 1.24 bits per heavy atom. The summed E-state index contributed by atoms with van der Waals surface area (Å²) in [6.07, 6.45) is 1.40. The maximum atomic E-state index is 12.6. The van der Waals surface area contributed by atoms with E-state index in [0.717, 1.165) is 12.0 Å².